The van der Waals surface area contributed by atoms with Gasteiger partial charge in [-0.15, -0.1) is 0 Å². The van der Waals surface area contributed by atoms with Crippen LogP contribution in [0.25, 0.3) is 5.57 Å². The van der Waals surface area contributed by atoms with Crippen LogP contribution >= 0.6 is 0 Å². The van der Waals surface area contributed by atoms with Crippen LogP contribution in [0.15, 0.2) is 54.1 Å². The number of hydrogen-bond donors (Lipinski definition) is 0. The first-order valence-electron chi connectivity index (χ1n) is 9.42. The summed E-state index contributed by atoms with van der Waals surface area (Å²) in [4.78, 5) is 0. The summed E-state index contributed by atoms with van der Waals surface area (Å²) >= 11 is 0. The van der Waals surface area contributed by atoms with Crippen molar-refractivity contribution in [3.63, 3.8) is 0 Å². The van der Waals surface area contributed by atoms with Gasteiger partial charge in [0.1, 0.15) is 17.6 Å². The summed E-state index contributed by atoms with van der Waals surface area (Å²) in [6.07, 6.45) is 1.08. The fourth-order valence-electron chi connectivity index (χ4n) is 3.97. The fraction of sp³-hybridized carbons (Fsp3) is 0.391. The van der Waals surface area contributed by atoms with Crippen LogP contribution < -0.4 is 9.47 Å². The molecule has 3 heteroatoms. The minimum Gasteiger partial charge on any atom is -0.492 e. The van der Waals surface area contributed by atoms with E-state index in [0.29, 0.717) is 6.61 Å². The molecule has 0 aliphatic carbocycles. The monoisotopic (exact) mass is 350 g/mol. The fourth-order valence-corrected chi connectivity index (χ4v) is 3.97. The Kier molecular flexibility index (Phi) is 4.28. The van der Waals surface area contributed by atoms with Crippen LogP contribution in [0.4, 0.5) is 0 Å². The SMILES string of the molecule is CC(CC[N+](C)(C)C)=C1c2ccccc2OCC2c3ccccc3OC12. The second-order valence-corrected chi connectivity index (χ2v) is 8.45. The molecule has 3 nitrogen and oxygen atoms in total. The lowest BCUT2D eigenvalue weighted by atomic mass is 9.86. The smallest absolute Gasteiger partial charge is 0.135 e. The molecule has 0 N–H and O–H groups in total. The summed E-state index contributed by atoms with van der Waals surface area (Å²) in [5.74, 6) is 2.22. The van der Waals surface area contributed by atoms with Gasteiger partial charge in [-0.05, 0) is 19.1 Å². The van der Waals surface area contributed by atoms with Crippen LogP contribution in [0, 0.1) is 0 Å². The number of nitrogens with zero attached hydrogens (tertiary/aromatic N) is 1. The molecule has 2 aliphatic rings. The molecule has 0 fully saturated rings. The van der Waals surface area contributed by atoms with Gasteiger partial charge in [-0.2, -0.15) is 0 Å². The predicted octanol–water partition coefficient (Wildman–Crippen LogP) is 4.49. The van der Waals surface area contributed by atoms with Crippen molar-refractivity contribution in [1.29, 1.82) is 0 Å². The Morgan fingerprint density at radius 3 is 2.46 bits per heavy atom. The minimum atomic E-state index is 0.0310. The van der Waals surface area contributed by atoms with E-state index in [2.05, 4.69) is 64.5 Å². The van der Waals surface area contributed by atoms with Gasteiger partial charge in [-0.1, -0.05) is 42.0 Å². The van der Waals surface area contributed by atoms with Crippen molar-refractivity contribution in [3.8, 4) is 11.5 Å². The van der Waals surface area contributed by atoms with E-state index in [9.17, 15) is 0 Å². The van der Waals surface area contributed by atoms with Crippen LogP contribution in [0.2, 0.25) is 0 Å². The van der Waals surface area contributed by atoms with E-state index in [1.807, 2.05) is 12.1 Å². The maximum atomic E-state index is 6.47. The van der Waals surface area contributed by atoms with Gasteiger partial charge in [0.15, 0.2) is 0 Å². The summed E-state index contributed by atoms with van der Waals surface area (Å²) in [5, 5.41) is 0. The molecular formula is C23H28NO2+. The number of para-hydroxylation sites is 2. The Hall–Kier alpha value is -2.26. The normalized spacial score (nSPS) is 23.1. The highest BCUT2D eigenvalue weighted by Crippen LogP contribution is 2.48. The topological polar surface area (TPSA) is 18.5 Å². The van der Waals surface area contributed by atoms with Crippen LogP contribution in [0.1, 0.15) is 30.4 Å². The second kappa shape index (κ2) is 6.48. The molecule has 2 aromatic carbocycles. The Morgan fingerprint density at radius 2 is 1.69 bits per heavy atom. The largest absolute Gasteiger partial charge is 0.492 e. The van der Waals surface area contributed by atoms with E-state index in [4.69, 9.17) is 9.47 Å². The third-order valence-electron chi connectivity index (χ3n) is 5.44. The van der Waals surface area contributed by atoms with E-state index in [1.54, 1.807) is 0 Å². The zero-order chi connectivity index (χ0) is 18.3. The van der Waals surface area contributed by atoms with Gasteiger partial charge in [-0.25, -0.2) is 0 Å². The van der Waals surface area contributed by atoms with Crippen LogP contribution in [-0.4, -0.2) is 44.9 Å². The highest BCUT2D eigenvalue weighted by molar-refractivity contribution is 5.78. The van der Waals surface area contributed by atoms with Gasteiger partial charge in [0.25, 0.3) is 0 Å². The third-order valence-corrected chi connectivity index (χ3v) is 5.44. The molecule has 2 aromatic rings. The van der Waals surface area contributed by atoms with Crippen LogP contribution in [0.3, 0.4) is 0 Å². The Balaban J connectivity index is 1.80. The summed E-state index contributed by atoms with van der Waals surface area (Å²) in [6.45, 7) is 4.02. The Bertz CT molecular complexity index is 847. The van der Waals surface area contributed by atoms with Crippen LogP contribution in [0.5, 0.6) is 11.5 Å². The first-order chi connectivity index (χ1) is 12.4. The molecule has 26 heavy (non-hydrogen) atoms. The lowest BCUT2D eigenvalue weighted by Gasteiger charge is -2.26. The maximum absolute atomic E-state index is 6.47. The lowest BCUT2D eigenvalue weighted by molar-refractivity contribution is -0.870. The van der Waals surface area contributed by atoms with Crippen molar-refractivity contribution in [2.24, 2.45) is 0 Å². The molecule has 2 heterocycles. The number of hydrogen-bond acceptors (Lipinski definition) is 2. The zero-order valence-corrected chi connectivity index (χ0v) is 16.2. The van der Waals surface area contributed by atoms with Gasteiger partial charge < -0.3 is 14.0 Å². The average molecular weight is 350 g/mol. The zero-order valence-electron chi connectivity index (χ0n) is 16.2. The number of quaternary nitrogens is 1. The van der Waals surface area contributed by atoms with Gasteiger partial charge in [0.2, 0.25) is 0 Å². The highest BCUT2D eigenvalue weighted by Gasteiger charge is 2.41. The number of benzene rings is 2. The van der Waals surface area contributed by atoms with E-state index in [-0.39, 0.29) is 12.0 Å². The van der Waals surface area contributed by atoms with Crippen molar-refractivity contribution in [2.75, 3.05) is 34.3 Å². The minimum absolute atomic E-state index is 0.0310. The molecule has 2 unspecified atom stereocenters. The van der Waals surface area contributed by atoms with Crippen molar-refractivity contribution in [3.05, 3.63) is 65.2 Å². The van der Waals surface area contributed by atoms with E-state index < -0.39 is 0 Å². The molecule has 0 saturated heterocycles. The molecule has 0 amide bonds. The standard InChI is InChI=1S/C23H28NO2/c1-16(13-14-24(2,3)4)22-18-10-6-7-11-20(18)25-15-19-17-9-5-8-12-21(17)26-23(19)22/h5-12,19,23H,13-15H2,1-4H3/q+1. The first kappa shape index (κ1) is 17.2. The molecule has 0 radical (unpaired) electrons. The van der Waals surface area contributed by atoms with Crippen molar-refractivity contribution < 1.29 is 14.0 Å². The van der Waals surface area contributed by atoms with Gasteiger partial charge >= 0.3 is 0 Å². The van der Waals surface area contributed by atoms with Crippen molar-refractivity contribution in [1.82, 2.24) is 0 Å². The lowest BCUT2D eigenvalue weighted by Crippen LogP contribution is -2.35. The maximum Gasteiger partial charge on any atom is 0.135 e. The molecule has 0 aromatic heterocycles. The van der Waals surface area contributed by atoms with Gasteiger partial charge in [0.05, 0.1) is 40.2 Å². The van der Waals surface area contributed by atoms with Gasteiger partial charge in [-0.3, -0.25) is 0 Å². The molecule has 0 bridgehead atoms. The second-order valence-electron chi connectivity index (χ2n) is 8.45. The molecule has 136 valence electrons. The Labute approximate surface area is 156 Å². The molecule has 4 rings (SSSR count). The number of fused-ring (bicyclic) bond motifs is 4. The number of ether oxygens (including phenoxy) is 2. The molecule has 0 saturated carbocycles. The Morgan fingerprint density at radius 1 is 1.00 bits per heavy atom. The van der Waals surface area contributed by atoms with Crippen LogP contribution in [-0.2, 0) is 0 Å². The molecule has 2 aliphatic heterocycles. The molecule has 2 atom stereocenters. The highest BCUT2D eigenvalue weighted by atomic mass is 16.5. The van der Waals surface area contributed by atoms with E-state index in [0.717, 1.165) is 28.9 Å². The summed E-state index contributed by atoms with van der Waals surface area (Å²) in [5.41, 5.74) is 5.17. The van der Waals surface area contributed by atoms with Gasteiger partial charge in [0, 0.05) is 23.1 Å². The molecule has 0 spiro atoms. The quantitative estimate of drug-likeness (QED) is 0.759. The van der Waals surface area contributed by atoms with E-state index in [1.165, 1.54) is 22.3 Å². The summed E-state index contributed by atoms with van der Waals surface area (Å²) < 4.78 is 13.7. The summed E-state index contributed by atoms with van der Waals surface area (Å²) in [7, 11) is 6.73. The third kappa shape index (κ3) is 3.12. The first-order valence-corrected chi connectivity index (χ1v) is 9.42. The van der Waals surface area contributed by atoms with Crippen molar-refractivity contribution >= 4 is 5.57 Å². The summed E-state index contributed by atoms with van der Waals surface area (Å²) in [6, 6.07) is 16.8. The molecular weight excluding hydrogens is 322 g/mol. The average Bonchev–Trinajstić information content (AvgIpc) is 2.88. The number of rotatable bonds is 3. The van der Waals surface area contributed by atoms with Crippen molar-refractivity contribution in [2.45, 2.75) is 25.4 Å². The predicted molar refractivity (Wildman–Crippen MR) is 106 cm³/mol. The van der Waals surface area contributed by atoms with E-state index >= 15 is 0 Å².